The molecule has 1 aliphatic carbocycles. The van der Waals surface area contributed by atoms with Gasteiger partial charge in [0.05, 0.1) is 6.04 Å². The van der Waals surface area contributed by atoms with Crippen molar-refractivity contribution in [2.24, 2.45) is 0 Å². The zero-order chi connectivity index (χ0) is 12.8. The van der Waals surface area contributed by atoms with Crippen LogP contribution in [0.1, 0.15) is 44.9 Å². The second-order valence-corrected chi connectivity index (χ2v) is 5.24. The SMILES string of the molecule is O=C(CCNC(=O)C1CCCCCN1)NC1CC1. The summed E-state index contributed by atoms with van der Waals surface area (Å²) in [6, 6.07) is 0.329. The molecule has 1 unspecified atom stereocenters. The molecule has 1 saturated carbocycles. The Balaban J connectivity index is 1.59. The van der Waals surface area contributed by atoms with E-state index < -0.39 is 0 Å². The maximum absolute atomic E-state index is 11.9. The first-order valence-corrected chi connectivity index (χ1v) is 7.06. The molecular formula is C13H23N3O2. The van der Waals surface area contributed by atoms with Crippen molar-refractivity contribution in [3.05, 3.63) is 0 Å². The molecule has 2 rings (SSSR count). The van der Waals surface area contributed by atoms with Gasteiger partial charge >= 0.3 is 0 Å². The number of carbonyl (C=O) groups excluding carboxylic acids is 2. The number of carbonyl (C=O) groups is 2. The highest BCUT2D eigenvalue weighted by Gasteiger charge is 2.23. The van der Waals surface area contributed by atoms with Gasteiger partial charge in [0.2, 0.25) is 11.8 Å². The van der Waals surface area contributed by atoms with Crippen molar-refractivity contribution in [3.8, 4) is 0 Å². The third-order valence-corrected chi connectivity index (χ3v) is 3.47. The van der Waals surface area contributed by atoms with Crippen LogP contribution in [0.25, 0.3) is 0 Å². The standard InChI is InChI=1S/C13H23N3O2/c17-12(16-10-5-6-10)7-9-15-13(18)11-4-2-1-3-8-14-11/h10-11,14H,1-9H2,(H,15,18)(H,16,17). The van der Waals surface area contributed by atoms with Gasteiger partial charge in [-0.3, -0.25) is 9.59 Å². The van der Waals surface area contributed by atoms with Crippen LogP contribution in [0.5, 0.6) is 0 Å². The molecule has 0 aromatic rings. The molecule has 2 fully saturated rings. The number of hydrogen-bond acceptors (Lipinski definition) is 3. The third kappa shape index (κ3) is 4.64. The fourth-order valence-corrected chi connectivity index (χ4v) is 2.20. The highest BCUT2D eigenvalue weighted by molar-refractivity contribution is 5.82. The minimum absolute atomic E-state index is 0.0381. The van der Waals surface area contributed by atoms with Gasteiger partial charge in [0, 0.05) is 19.0 Å². The summed E-state index contributed by atoms with van der Waals surface area (Å²) >= 11 is 0. The van der Waals surface area contributed by atoms with E-state index in [1.807, 2.05) is 0 Å². The monoisotopic (exact) mass is 253 g/mol. The van der Waals surface area contributed by atoms with Gasteiger partial charge in [-0.25, -0.2) is 0 Å². The molecule has 18 heavy (non-hydrogen) atoms. The number of amides is 2. The van der Waals surface area contributed by atoms with E-state index in [9.17, 15) is 9.59 Å². The van der Waals surface area contributed by atoms with Crippen LogP contribution in [-0.2, 0) is 9.59 Å². The molecule has 5 nitrogen and oxygen atoms in total. The number of nitrogens with one attached hydrogen (secondary N) is 3. The average Bonchev–Trinajstić information content (AvgIpc) is 3.14. The molecule has 0 spiro atoms. The molecule has 1 saturated heterocycles. The zero-order valence-electron chi connectivity index (χ0n) is 10.8. The summed E-state index contributed by atoms with van der Waals surface area (Å²) in [5.74, 6) is 0.0859. The van der Waals surface area contributed by atoms with Gasteiger partial charge in [-0.1, -0.05) is 12.8 Å². The molecule has 5 heteroatoms. The van der Waals surface area contributed by atoms with Crippen LogP contribution >= 0.6 is 0 Å². The van der Waals surface area contributed by atoms with E-state index in [0.717, 1.165) is 38.6 Å². The van der Waals surface area contributed by atoms with Crippen LogP contribution in [0.4, 0.5) is 0 Å². The molecule has 2 aliphatic rings. The molecule has 0 bridgehead atoms. The van der Waals surface area contributed by atoms with Crippen molar-refractivity contribution in [1.29, 1.82) is 0 Å². The molecule has 2 amide bonds. The van der Waals surface area contributed by atoms with Crippen LogP contribution in [0, 0.1) is 0 Å². The second-order valence-electron chi connectivity index (χ2n) is 5.24. The van der Waals surface area contributed by atoms with E-state index in [-0.39, 0.29) is 17.9 Å². The highest BCUT2D eigenvalue weighted by atomic mass is 16.2. The number of hydrogen-bond donors (Lipinski definition) is 3. The Hall–Kier alpha value is -1.10. The van der Waals surface area contributed by atoms with E-state index in [1.54, 1.807) is 0 Å². The molecule has 1 atom stereocenters. The summed E-state index contributed by atoms with van der Waals surface area (Å²) in [6.07, 6.45) is 6.94. The fourth-order valence-electron chi connectivity index (χ4n) is 2.20. The lowest BCUT2D eigenvalue weighted by Gasteiger charge is -2.15. The van der Waals surface area contributed by atoms with Crippen LogP contribution in [-0.4, -0.2) is 37.0 Å². The Labute approximate surface area is 108 Å². The smallest absolute Gasteiger partial charge is 0.237 e. The molecule has 3 N–H and O–H groups in total. The van der Waals surface area contributed by atoms with E-state index >= 15 is 0 Å². The topological polar surface area (TPSA) is 70.2 Å². The lowest BCUT2D eigenvalue weighted by Crippen LogP contribution is -2.44. The van der Waals surface area contributed by atoms with Crippen molar-refractivity contribution in [1.82, 2.24) is 16.0 Å². The minimum atomic E-state index is -0.0704. The van der Waals surface area contributed by atoms with Gasteiger partial charge in [0.1, 0.15) is 0 Å². The molecule has 1 heterocycles. The van der Waals surface area contributed by atoms with E-state index in [2.05, 4.69) is 16.0 Å². The molecule has 1 aliphatic heterocycles. The first kappa shape index (κ1) is 13.3. The van der Waals surface area contributed by atoms with Gasteiger partial charge in [-0.15, -0.1) is 0 Å². The first-order chi connectivity index (χ1) is 8.75. The van der Waals surface area contributed by atoms with Crippen LogP contribution in [0.2, 0.25) is 0 Å². The first-order valence-electron chi connectivity index (χ1n) is 7.06. The summed E-state index contributed by atoms with van der Waals surface area (Å²) in [5.41, 5.74) is 0. The Morgan fingerprint density at radius 2 is 1.94 bits per heavy atom. The zero-order valence-corrected chi connectivity index (χ0v) is 10.8. The number of rotatable bonds is 5. The van der Waals surface area contributed by atoms with Crippen molar-refractivity contribution in [3.63, 3.8) is 0 Å². The van der Waals surface area contributed by atoms with Gasteiger partial charge in [-0.2, -0.15) is 0 Å². The van der Waals surface area contributed by atoms with Crippen molar-refractivity contribution < 1.29 is 9.59 Å². The van der Waals surface area contributed by atoms with E-state index in [4.69, 9.17) is 0 Å². The van der Waals surface area contributed by atoms with Gasteiger partial charge < -0.3 is 16.0 Å². The van der Waals surface area contributed by atoms with Crippen LogP contribution < -0.4 is 16.0 Å². The summed E-state index contributed by atoms with van der Waals surface area (Å²) in [5, 5.41) is 9.00. The van der Waals surface area contributed by atoms with E-state index in [1.165, 1.54) is 6.42 Å². The van der Waals surface area contributed by atoms with Crippen molar-refractivity contribution >= 4 is 11.8 Å². The van der Waals surface area contributed by atoms with Crippen molar-refractivity contribution in [2.75, 3.05) is 13.1 Å². The maximum atomic E-state index is 11.9. The quantitative estimate of drug-likeness (QED) is 0.660. The molecule has 0 aromatic heterocycles. The summed E-state index contributed by atoms with van der Waals surface area (Å²) in [4.78, 5) is 23.3. The molecule has 0 aromatic carbocycles. The van der Waals surface area contributed by atoms with Gasteiger partial charge in [0.15, 0.2) is 0 Å². The minimum Gasteiger partial charge on any atom is -0.354 e. The Morgan fingerprint density at radius 3 is 2.72 bits per heavy atom. The van der Waals surface area contributed by atoms with Crippen LogP contribution in [0.3, 0.4) is 0 Å². The largest absolute Gasteiger partial charge is 0.354 e. The maximum Gasteiger partial charge on any atom is 0.237 e. The second kappa shape index (κ2) is 6.73. The van der Waals surface area contributed by atoms with Gasteiger partial charge in [-0.05, 0) is 32.2 Å². The lowest BCUT2D eigenvalue weighted by molar-refractivity contribution is -0.123. The molecule has 102 valence electrons. The summed E-state index contributed by atoms with van der Waals surface area (Å²) < 4.78 is 0. The molecular weight excluding hydrogens is 230 g/mol. The Morgan fingerprint density at radius 1 is 1.11 bits per heavy atom. The Kier molecular flexibility index (Phi) is 4.99. The lowest BCUT2D eigenvalue weighted by atomic mass is 10.1. The normalized spacial score (nSPS) is 24.1. The average molecular weight is 253 g/mol. The fraction of sp³-hybridized carbons (Fsp3) is 0.846. The third-order valence-electron chi connectivity index (χ3n) is 3.47. The highest BCUT2D eigenvalue weighted by Crippen LogP contribution is 2.18. The summed E-state index contributed by atoms with van der Waals surface area (Å²) in [6.45, 7) is 1.36. The van der Waals surface area contributed by atoms with Crippen LogP contribution in [0.15, 0.2) is 0 Å². The predicted octanol–water partition coefficient (Wildman–Crippen LogP) is 0.303. The predicted molar refractivity (Wildman–Crippen MR) is 69.1 cm³/mol. The van der Waals surface area contributed by atoms with Crippen molar-refractivity contribution in [2.45, 2.75) is 57.0 Å². The summed E-state index contributed by atoms with van der Waals surface area (Å²) in [7, 11) is 0. The van der Waals surface area contributed by atoms with Gasteiger partial charge in [0.25, 0.3) is 0 Å². The Bertz CT molecular complexity index is 295. The van der Waals surface area contributed by atoms with E-state index in [0.29, 0.717) is 19.0 Å². The molecule has 0 radical (unpaired) electrons.